The SMILES string of the molecule is Clc1ccc(OCc2nc3cc4ccccc4cc3n2CCCc2ccccc2)cc1. The van der Waals surface area contributed by atoms with Crippen LogP contribution in [0.5, 0.6) is 5.75 Å². The van der Waals surface area contributed by atoms with Gasteiger partial charge in [-0.25, -0.2) is 4.98 Å². The van der Waals surface area contributed by atoms with Crippen LogP contribution in [0.2, 0.25) is 5.02 Å². The summed E-state index contributed by atoms with van der Waals surface area (Å²) in [6, 6.07) is 30.9. The lowest BCUT2D eigenvalue weighted by atomic mass is 10.1. The second-order valence-corrected chi connectivity index (χ2v) is 8.14. The summed E-state index contributed by atoms with van der Waals surface area (Å²) < 4.78 is 8.34. The molecule has 4 heteroatoms. The van der Waals surface area contributed by atoms with Gasteiger partial charge in [-0.1, -0.05) is 66.2 Å². The number of imidazole rings is 1. The smallest absolute Gasteiger partial charge is 0.147 e. The molecule has 0 saturated carbocycles. The molecule has 0 unspecified atom stereocenters. The predicted molar refractivity (Wildman–Crippen MR) is 128 cm³/mol. The Hall–Kier alpha value is -3.30. The van der Waals surface area contributed by atoms with Gasteiger partial charge in [0.1, 0.15) is 18.2 Å². The van der Waals surface area contributed by atoms with Crippen molar-refractivity contribution in [2.75, 3.05) is 0 Å². The highest BCUT2D eigenvalue weighted by molar-refractivity contribution is 6.30. The van der Waals surface area contributed by atoms with E-state index < -0.39 is 0 Å². The first-order valence-corrected chi connectivity index (χ1v) is 10.9. The molecule has 154 valence electrons. The van der Waals surface area contributed by atoms with Crippen molar-refractivity contribution in [2.24, 2.45) is 0 Å². The van der Waals surface area contributed by atoms with Gasteiger partial charge >= 0.3 is 0 Å². The van der Waals surface area contributed by atoms with E-state index in [4.69, 9.17) is 21.3 Å². The van der Waals surface area contributed by atoms with E-state index in [1.165, 1.54) is 16.3 Å². The monoisotopic (exact) mass is 426 g/mol. The van der Waals surface area contributed by atoms with Gasteiger partial charge in [0, 0.05) is 11.6 Å². The van der Waals surface area contributed by atoms with Crippen LogP contribution in [0.1, 0.15) is 17.8 Å². The molecule has 0 aliphatic rings. The zero-order valence-corrected chi connectivity index (χ0v) is 17.9. The average Bonchev–Trinajstić information content (AvgIpc) is 3.14. The third-order valence-corrected chi connectivity index (χ3v) is 5.82. The molecule has 0 aliphatic carbocycles. The molecule has 1 heterocycles. The molecule has 1 aromatic heterocycles. The summed E-state index contributed by atoms with van der Waals surface area (Å²) in [5.41, 5.74) is 3.52. The average molecular weight is 427 g/mol. The maximum absolute atomic E-state index is 6.04. The third kappa shape index (κ3) is 4.42. The van der Waals surface area contributed by atoms with Crippen LogP contribution >= 0.6 is 11.6 Å². The summed E-state index contributed by atoms with van der Waals surface area (Å²) in [5.74, 6) is 1.73. The van der Waals surface area contributed by atoms with E-state index in [0.29, 0.717) is 11.6 Å². The number of rotatable bonds is 7. The first kappa shape index (κ1) is 19.7. The van der Waals surface area contributed by atoms with Crippen LogP contribution in [0.3, 0.4) is 0 Å². The van der Waals surface area contributed by atoms with E-state index in [0.717, 1.165) is 42.0 Å². The Morgan fingerprint density at radius 1 is 0.806 bits per heavy atom. The number of ether oxygens (including phenoxy) is 1. The van der Waals surface area contributed by atoms with Crippen molar-refractivity contribution in [3.05, 3.63) is 107 Å². The van der Waals surface area contributed by atoms with E-state index in [-0.39, 0.29) is 0 Å². The number of hydrogen-bond acceptors (Lipinski definition) is 2. The zero-order chi connectivity index (χ0) is 21.0. The number of aromatic nitrogens is 2. The van der Waals surface area contributed by atoms with Crippen molar-refractivity contribution in [3.63, 3.8) is 0 Å². The Bertz CT molecular complexity index is 1310. The van der Waals surface area contributed by atoms with Crippen molar-refractivity contribution in [3.8, 4) is 5.75 Å². The number of aryl methyl sites for hydroxylation is 2. The van der Waals surface area contributed by atoms with Crippen LogP contribution in [0.25, 0.3) is 21.8 Å². The molecule has 5 aromatic rings. The van der Waals surface area contributed by atoms with Gasteiger partial charge in [-0.15, -0.1) is 0 Å². The minimum absolute atomic E-state index is 0.415. The molecule has 0 saturated heterocycles. The van der Waals surface area contributed by atoms with Crippen LogP contribution in [0.4, 0.5) is 0 Å². The highest BCUT2D eigenvalue weighted by Crippen LogP contribution is 2.25. The second kappa shape index (κ2) is 8.83. The molecule has 0 atom stereocenters. The Morgan fingerprint density at radius 3 is 2.29 bits per heavy atom. The molecule has 4 aromatic carbocycles. The molecule has 0 aliphatic heterocycles. The number of halogens is 1. The van der Waals surface area contributed by atoms with E-state index >= 15 is 0 Å². The summed E-state index contributed by atoms with van der Waals surface area (Å²) in [7, 11) is 0. The van der Waals surface area contributed by atoms with Gasteiger partial charge in [-0.05, 0) is 65.6 Å². The first-order valence-electron chi connectivity index (χ1n) is 10.6. The molecule has 3 nitrogen and oxygen atoms in total. The summed E-state index contributed by atoms with van der Waals surface area (Å²) in [5, 5.41) is 3.13. The van der Waals surface area contributed by atoms with Gasteiger partial charge in [-0.3, -0.25) is 0 Å². The fraction of sp³-hybridized carbons (Fsp3) is 0.148. The Morgan fingerprint density at radius 2 is 1.52 bits per heavy atom. The van der Waals surface area contributed by atoms with Crippen LogP contribution in [0, 0.1) is 0 Å². The number of fused-ring (bicyclic) bond motifs is 2. The molecule has 0 amide bonds. The maximum atomic E-state index is 6.04. The molecule has 0 bridgehead atoms. The molecule has 0 N–H and O–H groups in total. The standard InChI is InChI=1S/C27H23ClN2O/c28-23-12-14-24(15-13-23)31-19-27-29-25-17-21-10-4-5-11-22(21)18-26(25)30(27)16-6-9-20-7-2-1-3-8-20/h1-5,7-8,10-15,17-18H,6,9,16,19H2. The van der Waals surface area contributed by atoms with Gasteiger partial charge in [0.15, 0.2) is 0 Å². The van der Waals surface area contributed by atoms with Crippen molar-refractivity contribution in [1.82, 2.24) is 9.55 Å². The Labute approximate surface area is 186 Å². The molecule has 31 heavy (non-hydrogen) atoms. The van der Waals surface area contributed by atoms with E-state index in [1.54, 1.807) is 0 Å². The van der Waals surface area contributed by atoms with Crippen molar-refractivity contribution >= 4 is 33.4 Å². The summed E-state index contributed by atoms with van der Waals surface area (Å²) in [6.07, 6.45) is 2.07. The van der Waals surface area contributed by atoms with Crippen molar-refractivity contribution in [1.29, 1.82) is 0 Å². The maximum Gasteiger partial charge on any atom is 0.147 e. The molecular weight excluding hydrogens is 404 g/mol. The summed E-state index contributed by atoms with van der Waals surface area (Å²) in [6.45, 7) is 1.31. The Balaban J connectivity index is 1.45. The van der Waals surface area contributed by atoms with E-state index in [2.05, 4.69) is 71.3 Å². The van der Waals surface area contributed by atoms with E-state index in [9.17, 15) is 0 Å². The quantitative estimate of drug-likeness (QED) is 0.278. The highest BCUT2D eigenvalue weighted by Gasteiger charge is 2.13. The largest absolute Gasteiger partial charge is 0.486 e. The lowest BCUT2D eigenvalue weighted by Crippen LogP contribution is -2.08. The fourth-order valence-electron chi connectivity index (χ4n) is 3.98. The summed E-state index contributed by atoms with van der Waals surface area (Å²) in [4.78, 5) is 4.93. The highest BCUT2D eigenvalue weighted by atomic mass is 35.5. The van der Waals surface area contributed by atoms with Gasteiger partial charge in [-0.2, -0.15) is 0 Å². The van der Waals surface area contributed by atoms with Crippen molar-refractivity contribution < 1.29 is 4.74 Å². The third-order valence-electron chi connectivity index (χ3n) is 5.57. The minimum Gasteiger partial charge on any atom is -0.486 e. The zero-order valence-electron chi connectivity index (χ0n) is 17.2. The van der Waals surface area contributed by atoms with E-state index in [1.807, 2.05) is 24.3 Å². The normalized spacial score (nSPS) is 11.3. The minimum atomic E-state index is 0.415. The van der Waals surface area contributed by atoms with Crippen LogP contribution in [-0.4, -0.2) is 9.55 Å². The number of nitrogens with zero attached hydrogens (tertiary/aromatic N) is 2. The van der Waals surface area contributed by atoms with Gasteiger partial charge in [0.25, 0.3) is 0 Å². The topological polar surface area (TPSA) is 27.1 Å². The molecular formula is C27H23ClN2O. The van der Waals surface area contributed by atoms with Crippen LogP contribution < -0.4 is 4.74 Å². The molecule has 0 spiro atoms. The van der Waals surface area contributed by atoms with Gasteiger partial charge in [0.2, 0.25) is 0 Å². The first-order chi connectivity index (χ1) is 15.3. The van der Waals surface area contributed by atoms with Gasteiger partial charge in [0.05, 0.1) is 11.0 Å². The van der Waals surface area contributed by atoms with Gasteiger partial charge < -0.3 is 9.30 Å². The Kier molecular flexibility index (Phi) is 5.59. The van der Waals surface area contributed by atoms with Crippen LogP contribution in [0.15, 0.2) is 91.0 Å². The second-order valence-electron chi connectivity index (χ2n) is 7.70. The predicted octanol–water partition coefficient (Wildman–Crippen LogP) is 7.05. The van der Waals surface area contributed by atoms with Crippen LogP contribution in [-0.2, 0) is 19.6 Å². The fourth-order valence-corrected chi connectivity index (χ4v) is 4.11. The molecule has 5 rings (SSSR count). The lowest BCUT2D eigenvalue weighted by Gasteiger charge is -2.11. The molecule has 0 fully saturated rings. The lowest BCUT2D eigenvalue weighted by molar-refractivity contribution is 0.290. The molecule has 0 radical (unpaired) electrons. The number of hydrogen-bond donors (Lipinski definition) is 0. The number of benzene rings is 4. The summed E-state index contributed by atoms with van der Waals surface area (Å²) >= 11 is 5.99. The van der Waals surface area contributed by atoms with Crippen molar-refractivity contribution in [2.45, 2.75) is 26.0 Å².